The fourth-order valence-corrected chi connectivity index (χ4v) is 2.32. The van der Waals surface area contributed by atoms with Gasteiger partial charge in [0, 0.05) is 29.2 Å². The first-order chi connectivity index (χ1) is 10.2. The lowest BCUT2D eigenvalue weighted by atomic mass is 10.2. The molecule has 0 aliphatic heterocycles. The molecule has 0 aliphatic rings. The summed E-state index contributed by atoms with van der Waals surface area (Å²) < 4.78 is 18.6. The summed E-state index contributed by atoms with van der Waals surface area (Å²) in [6, 6.07) is 10.1. The number of nitrogens with two attached hydrogens (primary N) is 1. The molecule has 0 fully saturated rings. The number of nitrogens with zero attached hydrogens (tertiary/aromatic N) is 1. The first-order valence-corrected chi connectivity index (χ1v) is 6.79. The van der Waals surface area contributed by atoms with E-state index in [1.54, 1.807) is 24.3 Å². The smallest absolute Gasteiger partial charge is 0.213 e. The summed E-state index contributed by atoms with van der Waals surface area (Å²) in [6.07, 6.45) is 0. The number of hydrogen-bond acceptors (Lipinski definition) is 3. The molecule has 3 aromatic rings. The van der Waals surface area contributed by atoms with Crippen LogP contribution < -0.4 is 10.5 Å². The zero-order chi connectivity index (χ0) is 14.8. The molecule has 3 N–H and O–H groups in total. The molecule has 2 heterocycles. The molecule has 0 bridgehead atoms. The molecule has 0 spiro atoms. The number of pyridine rings is 1. The van der Waals surface area contributed by atoms with Crippen molar-refractivity contribution in [2.75, 3.05) is 0 Å². The zero-order valence-electron chi connectivity index (χ0n) is 11.1. The van der Waals surface area contributed by atoms with Crippen molar-refractivity contribution in [1.82, 2.24) is 9.97 Å². The van der Waals surface area contributed by atoms with E-state index in [0.717, 1.165) is 16.6 Å². The van der Waals surface area contributed by atoms with Crippen molar-refractivity contribution in [2.45, 2.75) is 13.2 Å². The van der Waals surface area contributed by atoms with E-state index in [0.29, 0.717) is 23.0 Å². The van der Waals surface area contributed by atoms with Gasteiger partial charge in [0.15, 0.2) is 0 Å². The minimum absolute atomic E-state index is 0.146. The maximum Gasteiger partial charge on any atom is 0.213 e. The number of benzene rings is 1. The van der Waals surface area contributed by atoms with Gasteiger partial charge in [0.25, 0.3) is 0 Å². The summed E-state index contributed by atoms with van der Waals surface area (Å²) in [5.74, 6) is -0.0183. The minimum atomic E-state index is -0.533. The van der Waals surface area contributed by atoms with Crippen LogP contribution >= 0.6 is 11.6 Å². The van der Waals surface area contributed by atoms with Gasteiger partial charge in [0.2, 0.25) is 5.95 Å². The molecule has 6 heteroatoms. The Balaban J connectivity index is 1.84. The highest BCUT2D eigenvalue weighted by Gasteiger charge is 2.08. The lowest BCUT2D eigenvalue weighted by Gasteiger charge is -2.08. The summed E-state index contributed by atoms with van der Waals surface area (Å²) in [6.45, 7) is 0.573. The Morgan fingerprint density at radius 2 is 2.14 bits per heavy atom. The number of hydrogen-bond donors (Lipinski definition) is 2. The number of aromatic nitrogens is 2. The second kappa shape index (κ2) is 5.71. The molecular weight excluding hydrogens is 293 g/mol. The van der Waals surface area contributed by atoms with Crippen LogP contribution in [0.4, 0.5) is 4.39 Å². The summed E-state index contributed by atoms with van der Waals surface area (Å²) >= 11 is 6.19. The molecule has 108 valence electrons. The van der Waals surface area contributed by atoms with E-state index >= 15 is 0 Å². The SMILES string of the molecule is NCc1cc2cc(Cl)c(OCc3cccc(F)n3)cc2[nH]1. The summed E-state index contributed by atoms with van der Waals surface area (Å²) in [7, 11) is 0. The number of H-pyrrole nitrogens is 1. The Bertz CT molecular complexity index is 788. The van der Waals surface area contributed by atoms with Crippen molar-refractivity contribution in [3.63, 3.8) is 0 Å². The van der Waals surface area contributed by atoms with Gasteiger partial charge in [-0.1, -0.05) is 17.7 Å². The average Bonchev–Trinajstić information content (AvgIpc) is 2.86. The van der Waals surface area contributed by atoms with Crippen molar-refractivity contribution in [3.8, 4) is 5.75 Å². The van der Waals surface area contributed by atoms with Crippen molar-refractivity contribution >= 4 is 22.5 Å². The van der Waals surface area contributed by atoms with Crippen LogP contribution in [-0.2, 0) is 13.2 Å². The summed E-state index contributed by atoms with van der Waals surface area (Å²) in [4.78, 5) is 6.92. The fourth-order valence-electron chi connectivity index (χ4n) is 2.10. The molecule has 0 saturated carbocycles. The molecule has 2 aromatic heterocycles. The molecule has 3 rings (SSSR count). The Morgan fingerprint density at radius 1 is 1.29 bits per heavy atom. The predicted octanol–water partition coefficient (Wildman–Crippen LogP) is 3.39. The summed E-state index contributed by atoms with van der Waals surface area (Å²) in [5.41, 5.74) is 7.91. The number of fused-ring (bicyclic) bond motifs is 1. The molecule has 0 amide bonds. The number of halogens is 2. The molecule has 0 radical (unpaired) electrons. The topological polar surface area (TPSA) is 63.9 Å². The molecule has 0 aliphatic carbocycles. The van der Waals surface area contributed by atoms with Crippen LogP contribution in [0, 0.1) is 5.95 Å². The van der Waals surface area contributed by atoms with Gasteiger partial charge in [-0.15, -0.1) is 0 Å². The van der Waals surface area contributed by atoms with E-state index in [4.69, 9.17) is 22.1 Å². The Hall–Kier alpha value is -2.11. The Kier molecular flexibility index (Phi) is 3.77. The number of rotatable bonds is 4. The van der Waals surface area contributed by atoms with Crippen molar-refractivity contribution < 1.29 is 9.13 Å². The van der Waals surface area contributed by atoms with Crippen LogP contribution in [0.25, 0.3) is 10.9 Å². The maximum atomic E-state index is 13.0. The van der Waals surface area contributed by atoms with Crippen LogP contribution in [0.15, 0.2) is 36.4 Å². The van der Waals surface area contributed by atoms with Gasteiger partial charge in [0.05, 0.1) is 10.7 Å². The first-order valence-electron chi connectivity index (χ1n) is 6.41. The lowest BCUT2D eigenvalue weighted by molar-refractivity contribution is 0.300. The third kappa shape index (κ3) is 2.99. The fraction of sp³-hybridized carbons (Fsp3) is 0.133. The van der Waals surface area contributed by atoms with Crippen LogP contribution in [0.2, 0.25) is 5.02 Å². The largest absolute Gasteiger partial charge is 0.486 e. The van der Waals surface area contributed by atoms with Gasteiger partial charge in [0.1, 0.15) is 12.4 Å². The van der Waals surface area contributed by atoms with E-state index < -0.39 is 5.95 Å². The standard InChI is InChI=1S/C15H13ClFN3O/c16-12-5-9-4-11(7-18)19-13(9)6-14(12)21-8-10-2-1-3-15(17)20-10/h1-6,19H,7-8,18H2. The van der Waals surface area contributed by atoms with Gasteiger partial charge in [-0.05, 0) is 24.3 Å². The third-order valence-corrected chi connectivity index (χ3v) is 3.39. The van der Waals surface area contributed by atoms with E-state index in [9.17, 15) is 4.39 Å². The highest BCUT2D eigenvalue weighted by atomic mass is 35.5. The highest BCUT2D eigenvalue weighted by Crippen LogP contribution is 2.30. The third-order valence-electron chi connectivity index (χ3n) is 3.10. The molecule has 0 atom stereocenters. The Labute approximate surface area is 125 Å². The Morgan fingerprint density at radius 3 is 2.90 bits per heavy atom. The van der Waals surface area contributed by atoms with Crippen LogP contribution in [0.3, 0.4) is 0 Å². The molecule has 4 nitrogen and oxygen atoms in total. The van der Waals surface area contributed by atoms with Crippen LogP contribution in [-0.4, -0.2) is 9.97 Å². The van der Waals surface area contributed by atoms with Crippen LogP contribution in [0.1, 0.15) is 11.4 Å². The van der Waals surface area contributed by atoms with Crippen molar-refractivity contribution in [1.29, 1.82) is 0 Å². The van der Waals surface area contributed by atoms with Gasteiger partial charge >= 0.3 is 0 Å². The van der Waals surface area contributed by atoms with Gasteiger partial charge in [-0.25, -0.2) is 4.98 Å². The predicted molar refractivity (Wildman–Crippen MR) is 79.7 cm³/mol. The second-order valence-electron chi connectivity index (χ2n) is 4.61. The van der Waals surface area contributed by atoms with Crippen LogP contribution in [0.5, 0.6) is 5.75 Å². The van der Waals surface area contributed by atoms with Gasteiger partial charge < -0.3 is 15.5 Å². The van der Waals surface area contributed by atoms with E-state index in [2.05, 4.69) is 9.97 Å². The zero-order valence-corrected chi connectivity index (χ0v) is 11.8. The maximum absolute atomic E-state index is 13.0. The summed E-state index contributed by atoms with van der Waals surface area (Å²) in [5, 5.41) is 1.46. The average molecular weight is 306 g/mol. The van der Waals surface area contributed by atoms with Gasteiger partial charge in [-0.3, -0.25) is 0 Å². The normalized spacial score (nSPS) is 11.0. The monoisotopic (exact) mass is 305 g/mol. The van der Waals surface area contributed by atoms with E-state index in [1.165, 1.54) is 6.07 Å². The number of ether oxygens (including phenoxy) is 1. The van der Waals surface area contributed by atoms with Crippen molar-refractivity contribution in [3.05, 3.63) is 58.8 Å². The first kappa shape index (κ1) is 13.9. The molecule has 1 aromatic carbocycles. The van der Waals surface area contributed by atoms with E-state index in [-0.39, 0.29) is 6.61 Å². The molecule has 0 unspecified atom stereocenters. The second-order valence-corrected chi connectivity index (χ2v) is 5.02. The molecule has 0 saturated heterocycles. The van der Waals surface area contributed by atoms with E-state index in [1.807, 2.05) is 6.07 Å². The lowest BCUT2D eigenvalue weighted by Crippen LogP contribution is -1.99. The highest BCUT2D eigenvalue weighted by molar-refractivity contribution is 6.32. The number of aromatic amines is 1. The molecule has 21 heavy (non-hydrogen) atoms. The quantitative estimate of drug-likeness (QED) is 0.726. The molecular formula is C15H13ClFN3O. The van der Waals surface area contributed by atoms with Crippen molar-refractivity contribution in [2.24, 2.45) is 5.73 Å². The number of nitrogens with one attached hydrogen (secondary N) is 1. The minimum Gasteiger partial charge on any atom is -0.486 e. The van der Waals surface area contributed by atoms with Gasteiger partial charge in [-0.2, -0.15) is 4.39 Å².